The maximum Gasteiger partial charge on any atom is 0.103 e. The predicted molar refractivity (Wildman–Crippen MR) is 163 cm³/mol. The van der Waals surface area contributed by atoms with Crippen LogP contribution < -0.4 is 5.73 Å². The van der Waals surface area contributed by atoms with Crippen LogP contribution in [0.3, 0.4) is 0 Å². The van der Waals surface area contributed by atoms with E-state index in [1.807, 2.05) is 60.7 Å². The molecule has 0 amide bonds. The second-order valence-electron chi connectivity index (χ2n) is 9.83. The van der Waals surface area contributed by atoms with Crippen molar-refractivity contribution in [2.24, 2.45) is 10.8 Å². The number of aliphatic hydroxyl groups excluding tert-OH is 1. The Kier molecular flexibility index (Phi) is 14.9. The molecule has 3 unspecified atom stereocenters. The molecule has 3 aromatic carbocycles. The average molecular weight is 567 g/mol. The molecule has 3 aromatic rings. The van der Waals surface area contributed by atoms with E-state index in [0.29, 0.717) is 47.6 Å². The SMILES string of the molecule is C.CP(C)C.NC1COCc2ccccc21.OC1COCc2ccccc21.[N-]=[N+]=NC1COCc2ccccc21. The molecule has 3 aliphatic heterocycles. The molecule has 0 aromatic heterocycles. The number of hydrogen-bond donors (Lipinski definition) is 2. The van der Waals surface area contributed by atoms with E-state index in [2.05, 4.69) is 42.2 Å². The zero-order valence-electron chi connectivity index (χ0n) is 22.9. The lowest BCUT2D eigenvalue weighted by molar-refractivity contribution is 0.00981. The van der Waals surface area contributed by atoms with Crippen molar-refractivity contribution in [3.63, 3.8) is 0 Å². The summed E-state index contributed by atoms with van der Waals surface area (Å²) in [5.74, 6) is 0. The van der Waals surface area contributed by atoms with Crippen molar-refractivity contribution < 1.29 is 19.3 Å². The predicted octanol–water partition coefficient (Wildman–Crippen LogP) is 7.03. The van der Waals surface area contributed by atoms with Gasteiger partial charge < -0.3 is 25.1 Å². The van der Waals surface area contributed by atoms with Gasteiger partial charge in [0.05, 0.1) is 51.7 Å². The second kappa shape index (κ2) is 17.8. The Hall–Kier alpha value is -2.80. The van der Waals surface area contributed by atoms with Crippen LogP contribution in [0.1, 0.15) is 59.0 Å². The Morgan fingerprint density at radius 1 is 0.750 bits per heavy atom. The molecule has 6 rings (SSSR count). The summed E-state index contributed by atoms with van der Waals surface area (Å²) in [7, 11) is 0.380. The molecule has 0 bridgehead atoms. The number of rotatable bonds is 1. The molecule has 9 heteroatoms. The highest BCUT2D eigenvalue weighted by Gasteiger charge is 2.19. The molecule has 0 fully saturated rings. The van der Waals surface area contributed by atoms with Crippen molar-refractivity contribution in [2.75, 3.05) is 39.8 Å². The van der Waals surface area contributed by atoms with Gasteiger partial charge in [0.1, 0.15) is 6.10 Å². The van der Waals surface area contributed by atoms with Crippen molar-refractivity contribution in [3.8, 4) is 0 Å². The summed E-state index contributed by atoms with van der Waals surface area (Å²) >= 11 is 0. The van der Waals surface area contributed by atoms with Crippen LogP contribution in [0.25, 0.3) is 10.4 Å². The van der Waals surface area contributed by atoms with E-state index in [9.17, 15) is 5.11 Å². The number of hydrogen-bond acceptors (Lipinski definition) is 6. The van der Waals surface area contributed by atoms with E-state index >= 15 is 0 Å². The smallest absolute Gasteiger partial charge is 0.103 e. The monoisotopic (exact) mass is 566 g/mol. The molecule has 3 aliphatic rings. The van der Waals surface area contributed by atoms with Crippen LogP contribution in [0.15, 0.2) is 77.9 Å². The fraction of sp³-hybridized carbons (Fsp3) is 0.419. The highest BCUT2D eigenvalue weighted by atomic mass is 31.1. The first kappa shape index (κ1) is 33.4. The van der Waals surface area contributed by atoms with Crippen LogP contribution in [-0.2, 0) is 34.0 Å². The number of nitrogens with zero attached hydrogens (tertiary/aromatic N) is 3. The topological polar surface area (TPSA) is 123 Å². The van der Waals surface area contributed by atoms with Gasteiger partial charge in [-0.05, 0) is 58.9 Å². The minimum atomic E-state index is -0.431. The van der Waals surface area contributed by atoms with Gasteiger partial charge >= 0.3 is 0 Å². The third-order valence-corrected chi connectivity index (χ3v) is 6.10. The van der Waals surface area contributed by atoms with Gasteiger partial charge in [0, 0.05) is 4.91 Å². The standard InChI is InChI=1S/C9H9N3O.C9H11NO.C9H10O2.C3H9P.CH4/c10-12-11-9-6-13-5-7-3-1-2-4-8(7)9;2*10-9-6-11-5-7-3-1-2-4-8(7)9;1-4(2)3;/h1-4,9H,5-6H2;1-4,9H,5-6,10H2;1-4,9-10H,5-6H2;1-3H3;1H4. The van der Waals surface area contributed by atoms with E-state index in [-0.39, 0.29) is 19.5 Å². The summed E-state index contributed by atoms with van der Waals surface area (Å²) in [6.45, 7) is 10.2. The molecule has 3 heterocycles. The first-order chi connectivity index (χ1) is 18.9. The Labute approximate surface area is 239 Å². The number of aliphatic hydroxyl groups is 1. The maximum absolute atomic E-state index is 9.44. The Morgan fingerprint density at radius 3 is 1.70 bits per heavy atom. The van der Waals surface area contributed by atoms with Gasteiger partial charge in [0.2, 0.25) is 0 Å². The van der Waals surface area contributed by atoms with Crippen molar-refractivity contribution in [2.45, 2.75) is 45.4 Å². The third-order valence-electron chi connectivity index (χ3n) is 6.10. The Morgan fingerprint density at radius 2 is 1.18 bits per heavy atom. The molecule has 0 aliphatic carbocycles. The highest BCUT2D eigenvalue weighted by Crippen LogP contribution is 2.27. The lowest BCUT2D eigenvalue weighted by Crippen LogP contribution is -2.23. The first-order valence-corrected chi connectivity index (χ1v) is 15.6. The maximum atomic E-state index is 9.44. The molecule has 0 saturated heterocycles. The highest BCUT2D eigenvalue weighted by molar-refractivity contribution is 7.55. The normalized spacial score (nSPS) is 20.0. The largest absolute Gasteiger partial charge is 0.386 e. The average Bonchev–Trinajstić information content (AvgIpc) is 2.95. The molecule has 3 atom stereocenters. The van der Waals surface area contributed by atoms with E-state index in [0.717, 1.165) is 22.3 Å². The molecule has 216 valence electrons. The van der Waals surface area contributed by atoms with Gasteiger partial charge in [0.15, 0.2) is 0 Å². The summed E-state index contributed by atoms with van der Waals surface area (Å²) in [5, 5.41) is 13.1. The third kappa shape index (κ3) is 10.3. The van der Waals surface area contributed by atoms with Gasteiger partial charge in [-0.25, -0.2) is 0 Å². The summed E-state index contributed by atoms with van der Waals surface area (Å²) < 4.78 is 15.7. The van der Waals surface area contributed by atoms with Crippen molar-refractivity contribution in [1.82, 2.24) is 0 Å². The van der Waals surface area contributed by atoms with Gasteiger partial charge in [-0.15, -0.1) is 7.92 Å². The summed E-state index contributed by atoms with van der Waals surface area (Å²) in [6.07, 6.45) is -0.431. The van der Waals surface area contributed by atoms with Crippen LogP contribution in [-0.4, -0.2) is 44.9 Å². The van der Waals surface area contributed by atoms with Crippen LogP contribution in [0.4, 0.5) is 0 Å². The summed E-state index contributed by atoms with van der Waals surface area (Å²) in [4.78, 5) is 2.80. The van der Waals surface area contributed by atoms with E-state index in [1.54, 1.807) is 0 Å². The quantitative estimate of drug-likeness (QED) is 0.142. The zero-order chi connectivity index (χ0) is 28.0. The first-order valence-electron chi connectivity index (χ1n) is 13.0. The van der Waals surface area contributed by atoms with E-state index in [4.69, 9.17) is 25.5 Å². The molecule has 40 heavy (non-hydrogen) atoms. The summed E-state index contributed by atoms with van der Waals surface area (Å²) in [5.41, 5.74) is 21.0. The molecule has 0 spiro atoms. The fourth-order valence-corrected chi connectivity index (χ4v) is 4.29. The van der Waals surface area contributed by atoms with Crippen molar-refractivity contribution in [3.05, 3.63) is 117 Å². The zero-order valence-corrected chi connectivity index (χ0v) is 23.8. The van der Waals surface area contributed by atoms with Gasteiger partial charge in [0.25, 0.3) is 0 Å². The van der Waals surface area contributed by atoms with E-state index in [1.165, 1.54) is 11.1 Å². The Balaban J connectivity index is 0.000000195. The Bertz CT molecular complexity index is 1160. The van der Waals surface area contributed by atoms with Gasteiger partial charge in [-0.3, -0.25) is 0 Å². The van der Waals surface area contributed by atoms with Crippen LogP contribution >= 0.6 is 7.92 Å². The fourth-order valence-electron chi connectivity index (χ4n) is 4.29. The molecular weight excluding hydrogens is 523 g/mol. The molecule has 3 N–H and O–H groups in total. The lowest BCUT2D eigenvalue weighted by Gasteiger charge is -2.21. The van der Waals surface area contributed by atoms with E-state index < -0.39 is 6.10 Å². The van der Waals surface area contributed by atoms with Crippen LogP contribution in [0, 0.1) is 0 Å². The molecular formula is C31H43N4O4P. The second-order valence-corrected chi connectivity index (χ2v) is 12.5. The molecule has 0 saturated carbocycles. The van der Waals surface area contributed by atoms with Gasteiger partial charge in [-0.2, -0.15) is 0 Å². The minimum Gasteiger partial charge on any atom is -0.386 e. The number of azide groups is 1. The lowest BCUT2D eigenvalue weighted by atomic mass is 10.00. The van der Waals surface area contributed by atoms with Gasteiger partial charge in [-0.1, -0.05) is 85.3 Å². The minimum absolute atomic E-state index is 0. The van der Waals surface area contributed by atoms with Crippen LogP contribution in [0.2, 0.25) is 0 Å². The molecule has 0 radical (unpaired) electrons. The summed E-state index contributed by atoms with van der Waals surface area (Å²) in [6, 6.07) is 23.8. The van der Waals surface area contributed by atoms with Crippen LogP contribution in [0.5, 0.6) is 0 Å². The number of ether oxygens (including phenoxy) is 3. The molecule has 8 nitrogen and oxygen atoms in total. The van der Waals surface area contributed by atoms with Crippen molar-refractivity contribution >= 4 is 7.92 Å². The number of fused-ring (bicyclic) bond motifs is 3. The number of benzene rings is 3. The van der Waals surface area contributed by atoms with Crippen molar-refractivity contribution in [1.29, 1.82) is 0 Å². The number of nitrogens with two attached hydrogens (primary N) is 1.